The zero-order valence-electron chi connectivity index (χ0n) is 12.2. The number of aliphatic hydroxyl groups is 1. The Morgan fingerprint density at radius 1 is 1.30 bits per heavy atom. The molecule has 116 valence electrons. The van der Waals surface area contributed by atoms with Gasteiger partial charge in [-0.15, -0.1) is 0 Å². The highest BCUT2D eigenvalue weighted by atomic mass is 19.4. The van der Waals surface area contributed by atoms with Crippen LogP contribution in [0.1, 0.15) is 45.5 Å². The second-order valence-corrected chi connectivity index (χ2v) is 5.88. The van der Waals surface area contributed by atoms with E-state index in [1.54, 1.807) is 6.92 Å². The van der Waals surface area contributed by atoms with Crippen molar-refractivity contribution in [2.45, 2.75) is 51.4 Å². The minimum Gasteiger partial charge on any atom is -0.382 e. The van der Waals surface area contributed by atoms with Gasteiger partial charge in [0, 0.05) is 12.0 Å². The molecule has 0 spiro atoms. The summed E-state index contributed by atoms with van der Waals surface area (Å²) in [6.07, 6.45) is -7.04. The summed E-state index contributed by atoms with van der Waals surface area (Å²) in [6, 6.07) is -0.518. The van der Waals surface area contributed by atoms with Gasteiger partial charge in [-0.2, -0.15) is 18.2 Å². The van der Waals surface area contributed by atoms with E-state index in [-0.39, 0.29) is 11.3 Å². The number of halogens is 3. The number of nitrogens with zero attached hydrogens (tertiary/aromatic N) is 3. The van der Waals surface area contributed by atoms with E-state index in [0.717, 1.165) is 0 Å². The number of likely N-dealkylation sites (N-methyl/N-ethyl adjacent to an activating group) is 1. The molecule has 5 nitrogen and oxygen atoms in total. The van der Waals surface area contributed by atoms with Gasteiger partial charge in [0.1, 0.15) is 0 Å². The zero-order valence-corrected chi connectivity index (χ0v) is 12.2. The van der Waals surface area contributed by atoms with Crippen LogP contribution in [0, 0.1) is 0 Å². The fourth-order valence-electron chi connectivity index (χ4n) is 1.43. The molecule has 0 radical (unpaired) electrons. The summed E-state index contributed by atoms with van der Waals surface area (Å²) in [5.74, 6) is 0.718. The predicted octanol–water partition coefficient (Wildman–Crippen LogP) is 2.28. The average molecular weight is 295 g/mol. The molecule has 0 aromatic carbocycles. The van der Waals surface area contributed by atoms with Crippen molar-refractivity contribution in [3.05, 3.63) is 11.7 Å². The van der Waals surface area contributed by atoms with Crippen LogP contribution < -0.4 is 0 Å². The molecule has 0 saturated carbocycles. The molecule has 0 fully saturated rings. The minimum absolute atomic E-state index is 0.229. The van der Waals surface area contributed by atoms with Crippen molar-refractivity contribution >= 4 is 0 Å². The van der Waals surface area contributed by atoms with Crippen LogP contribution in [0.3, 0.4) is 0 Å². The summed E-state index contributed by atoms with van der Waals surface area (Å²) < 4.78 is 42.0. The number of hydrogen-bond acceptors (Lipinski definition) is 5. The van der Waals surface area contributed by atoms with Gasteiger partial charge in [-0.3, -0.25) is 4.90 Å². The van der Waals surface area contributed by atoms with Crippen molar-refractivity contribution in [2.75, 3.05) is 13.6 Å². The Labute approximate surface area is 115 Å². The van der Waals surface area contributed by atoms with E-state index in [9.17, 15) is 13.2 Å². The van der Waals surface area contributed by atoms with Crippen molar-refractivity contribution < 1.29 is 22.8 Å². The molecule has 0 aliphatic heterocycles. The van der Waals surface area contributed by atoms with Crippen LogP contribution in [0.25, 0.3) is 0 Å². The molecule has 0 saturated heterocycles. The van der Waals surface area contributed by atoms with Crippen molar-refractivity contribution in [2.24, 2.45) is 0 Å². The summed E-state index contributed by atoms with van der Waals surface area (Å²) in [6.45, 7) is 6.80. The van der Waals surface area contributed by atoms with E-state index >= 15 is 0 Å². The molecule has 1 aromatic rings. The lowest BCUT2D eigenvalue weighted by atomic mass is 9.96. The number of rotatable bonds is 4. The van der Waals surface area contributed by atoms with Gasteiger partial charge in [0.2, 0.25) is 5.89 Å². The van der Waals surface area contributed by atoms with Crippen LogP contribution in [0.15, 0.2) is 4.52 Å². The second-order valence-electron chi connectivity index (χ2n) is 5.88. The van der Waals surface area contributed by atoms with E-state index < -0.39 is 24.9 Å². The van der Waals surface area contributed by atoms with Crippen molar-refractivity contribution in [3.8, 4) is 0 Å². The number of aliphatic hydroxyl groups excluding tert-OH is 1. The third kappa shape index (κ3) is 4.17. The summed E-state index contributed by atoms with van der Waals surface area (Å²) in [4.78, 5) is 5.51. The lowest BCUT2D eigenvalue weighted by Crippen LogP contribution is -2.40. The highest BCUT2D eigenvalue weighted by Crippen LogP contribution is 2.25. The third-order valence-corrected chi connectivity index (χ3v) is 2.97. The third-order valence-electron chi connectivity index (χ3n) is 2.97. The number of hydrogen-bond donors (Lipinski definition) is 1. The fraction of sp³-hybridized carbons (Fsp3) is 0.833. The zero-order chi connectivity index (χ0) is 15.7. The van der Waals surface area contributed by atoms with Gasteiger partial charge in [-0.05, 0) is 14.0 Å². The maximum atomic E-state index is 12.3. The maximum absolute atomic E-state index is 12.3. The van der Waals surface area contributed by atoms with Crippen molar-refractivity contribution in [3.63, 3.8) is 0 Å². The van der Waals surface area contributed by atoms with Gasteiger partial charge in [0.15, 0.2) is 11.9 Å². The minimum atomic E-state index is -4.64. The fourth-order valence-corrected chi connectivity index (χ4v) is 1.43. The molecule has 0 bridgehead atoms. The smallest absolute Gasteiger partial charge is 0.382 e. The largest absolute Gasteiger partial charge is 0.415 e. The Morgan fingerprint density at radius 2 is 1.85 bits per heavy atom. The summed E-state index contributed by atoms with van der Waals surface area (Å²) >= 11 is 0. The van der Waals surface area contributed by atoms with Crippen LogP contribution in [-0.2, 0) is 5.41 Å². The molecule has 8 heteroatoms. The Bertz CT molecular complexity index is 440. The topological polar surface area (TPSA) is 62.4 Å². The molecule has 0 aliphatic rings. The highest BCUT2D eigenvalue weighted by molar-refractivity contribution is 5.01. The van der Waals surface area contributed by atoms with E-state index in [1.807, 2.05) is 20.8 Å². The standard InChI is InChI=1S/C12H20F3N3O2/c1-7(18(5)6-8(19)12(13,14)15)9-16-10(17-20-9)11(2,3)4/h7-8,19H,6H2,1-5H3. The first-order valence-electron chi connectivity index (χ1n) is 6.22. The van der Waals surface area contributed by atoms with E-state index in [1.165, 1.54) is 11.9 Å². The summed E-state index contributed by atoms with van der Waals surface area (Å²) in [5.41, 5.74) is -0.300. The number of aromatic nitrogens is 2. The van der Waals surface area contributed by atoms with Gasteiger partial charge >= 0.3 is 6.18 Å². The van der Waals surface area contributed by atoms with E-state index in [4.69, 9.17) is 9.63 Å². The van der Waals surface area contributed by atoms with Gasteiger partial charge in [-0.1, -0.05) is 25.9 Å². The summed E-state index contributed by atoms with van der Waals surface area (Å²) in [7, 11) is 1.46. The molecular weight excluding hydrogens is 275 g/mol. The first-order chi connectivity index (χ1) is 8.93. The van der Waals surface area contributed by atoms with Gasteiger partial charge < -0.3 is 9.63 Å². The predicted molar refractivity (Wildman–Crippen MR) is 66.1 cm³/mol. The molecule has 1 heterocycles. The van der Waals surface area contributed by atoms with Crippen LogP contribution in [-0.4, -0.2) is 46.0 Å². The van der Waals surface area contributed by atoms with Crippen LogP contribution >= 0.6 is 0 Å². The molecule has 0 amide bonds. The quantitative estimate of drug-likeness (QED) is 0.923. The van der Waals surface area contributed by atoms with Gasteiger partial charge in [0.05, 0.1) is 6.04 Å². The Kier molecular flexibility index (Phi) is 4.81. The maximum Gasteiger partial charge on any atom is 0.415 e. The normalized spacial score (nSPS) is 16.5. The molecule has 0 aliphatic carbocycles. The molecule has 2 unspecified atom stereocenters. The average Bonchev–Trinajstić information content (AvgIpc) is 2.75. The lowest BCUT2D eigenvalue weighted by Gasteiger charge is -2.25. The van der Waals surface area contributed by atoms with Crippen LogP contribution in [0.5, 0.6) is 0 Å². The monoisotopic (exact) mass is 295 g/mol. The van der Waals surface area contributed by atoms with Gasteiger partial charge in [-0.25, -0.2) is 0 Å². The van der Waals surface area contributed by atoms with E-state index in [2.05, 4.69) is 10.1 Å². The summed E-state index contributed by atoms with van der Waals surface area (Å²) in [5, 5.41) is 12.9. The number of alkyl halides is 3. The van der Waals surface area contributed by atoms with Gasteiger partial charge in [0.25, 0.3) is 0 Å². The Balaban J connectivity index is 2.75. The Hall–Kier alpha value is -1.15. The molecule has 1 rings (SSSR count). The second kappa shape index (κ2) is 5.69. The lowest BCUT2D eigenvalue weighted by molar-refractivity contribution is -0.208. The first kappa shape index (κ1) is 16.9. The van der Waals surface area contributed by atoms with Crippen LogP contribution in [0.4, 0.5) is 13.2 Å². The Morgan fingerprint density at radius 3 is 2.25 bits per heavy atom. The first-order valence-corrected chi connectivity index (χ1v) is 6.22. The van der Waals surface area contributed by atoms with Crippen LogP contribution in [0.2, 0.25) is 0 Å². The molecule has 20 heavy (non-hydrogen) atoms. The SMILES string of the molecule is CC(c1nc(C(C)(C)C)no1)N(C)CC(O)C(F)(F)F. The molecule has 2 atom stereocenters. The molecular formula is C12H20F3N3O2. The van der Waals surface area contributed by atoms with E-state index in [0.29, 0.717) is 5.82 Å². The van der Waals surface area contributed by atoms with Crippen molar-refractivity contribution in [1.82, 2.24) is 15.0 Å². The van der Waals surface area contributed by atoms with Crippen molar-refractivity contribution in [1.29, 1.82) is 0 Å². The molecule has 1 N–H and O–H groups in total. The highest BCUT2D eigenvalue weighted by Gasteiger charge is 2.39. The molecule has 1 aromatic heterocycles.